The molecule has 3 atom stereocenters. The van der Waals surface area contributed by atoms with Gasteiger partial charge in [0.1, 0.15) is 29.2 Å². The fourth-order valence-corrected chi connectivity index (χ4v) is 4.52. The van der Waals surface area contributed by atoms with Crippen molar-refractivity contribution in [2.75, 3.05) is 6.54 Å². The summed E-state index contributed by atoms with van der Waals surface area (Å²) in [4.78, 5) is 52.1. The van der Waals surface area contributed by atoms with Crippen molar-refractivity contribution in [3.63, 3.8) is 0 Å². The Kier molecular flexibility index (Phi) is 8.18. The van der Waals surface area contributed by atoms with Crippen LogP contribution in [0.5, 0.6) is 0 Å². The first-order valence-electron chi connectivity index (χ1n) is 12.5. The highest BCUT2D eigenvalue weighted by molar-refractivity contribution is 5.97. The number of amides is 3. The maximum absolute atomic E-state index is 14.2. The molecule has 1 aromatic carbocycles. The van der Waals surface area contributed by atoms with E-state index in [0.29, 0.717) is 18.1 Å². The average molecular weight is 528 g/mol. The van der Waals surface area contributed by atoms with Crippen molar-refractivity contribution in [3.8, 4) is 11.3 Å². The van der Waals surface area contributed by atoms with Crippen LogP contribution in [0.4, 0.5) is 8.78 Å². The summed E-state index contributed by atoms with van der Waals surface area (Å²) in [6.07, 6.45) is 6.96. The molecule has 3 N–H and O–H groups in total. The molecule has 1 fully saturated rings. The minimum atomic E-state index is -1.16. The van der Waals surface area contributed by atoms with Crippen molar-refractivity contribution in [2.24, 2.45) is 7.05 Å². The van der Waals surface area contributed by atoms with Gasteiger partial charge >= 0.3 is 0 Å². The number of benzene rings is 1. The highest BCUT2D eigenvalue weighted by atomic mass is 19.1. The molecular weight excluding hydrogens is 496 g/mol. The molecule has 1 aliphatic rings. The summed E-state index contributed by atoms with van der Waals surface area (Å²) in [5, 5.41) is 5.41. The molecule has 4 rings (SSSR count). The first-order chi connectivity index (χ1) is 18.1. The monoisotopic (exact) mass is 527 g/mol. The summed E-state index contributed by atoms with van der Waals surface area (Å²) < 4.78 is 29.1. The minimum Gasteiger partial charge on any atom is -0.345 e. The molecule has 0 radical (unpaired) electrons. The van der Waals surface area contributed by atoms with Gasteiger partial charge in [0, 0.05) is 37.5 Å². The Morgan fingerprint density at radius 2 is 1.97 bits per heavy atom. The van der Waals surface area contributed by atoms with Crippen LogP contribution < -0.4 is 10.6 Å². The Labute approximate surface area is 218 Å². The number of carbonyl (C=O) groups excluding carboxylic acids is 3. The second kappa shape index (κ2) is 11.5. The van der Waals surface area contributed by atoms with E-state index in [1.807, 2.05) is 6.92 Å². The van der Waals surface area contributed by atoms with Gasteiger partial charge in [-0.25, -0.2) is 18.7 Å². The van der Waals surface area contributed by atoms with Gasteiger partial charge in [0.15, 0.2) is 0 Å². The van der Waals surface area contributed by atoms with Crippen molar-refractivity contribution in [3.05, 3.63) is 60.1 Å². The molecule has 10 nitrogen and oxygen atoms in total. The number of hydrogen-bond acceptors (Lipinski definition) is 5. The van der Waals surface area contributed by atoms with Gasteiger partial charge in [0.2, 0.25) is 11.8 Å². The Balaban J connectivity index is 1.49. The fraction of sp³-hybridized carbons (Fsp3) is 0.423. The van der Waals surface area contributed by atoms with Crippen molar-refractivity contribution in [1.82, 2.24) is 35.1 Å². The van der Waals surface area contributed by atoms with Gasteiger partial charge < -0.3 is 25.1 Å². The summed E-state index contributed by atoms with van der Waals surface area (Å²) in [6.45, 7) is 4.24. The van der Waals surface area contributed by atoms with Gasteiger partial charge in [-0.1, -0.05) is 0 Å². The van der Waals surface area contributed by atoms with Crippen LogP contribution >= 0.6 is 0 Å². The lowest BCUT2D eigenvalue weighted by atomic mass is 10.0. The minimum absolute atomic E-state index is 0.0544. The van der Waals surface area contributed by atoms with Gasteiger partial charge in [0.05, 0.1) is 30.7 Å². The topological polar surface area (TPSA) is 125 Å². The quantitative estimate of drug-likeness (QED) is 0.416. The number of nitrogens with one attached hydrogen (secondary N) is 3. The van der Waals surface area contributed by atoms with Crippen molar-refractivity contribution < 1.29 is 23.2 Å². The number of H-pyrrole nitrogens is 1. The molecule has 38 heavy (non-hydrogen) atoms. The Morgan fingerprint density at radius 3 is 2.66 bits per heavy atom. The summed E-state index contributed by atoms with van der Waals surface area (Å²) in [7, 11) is 1.71. The van der Waals surface area contributed by atoms with Crippen LogP contribution in [-0.4, -0.2) is 60.8 Å². The maximum atomic E-state index is 14.2. The molecule has 12 heteroatoms. The van der Waals surface area contributed by atoms with E-state index in [1.165, 1.54) is 24.8 Å². The van der Waals surface area contributed by atoms with Gasteiger partial charge in [0.25, 0.3) is 5.91 Å². The summed E-state index contributed by atoms with van der Waals surface area (Å²) >= 11 is 0. The van der Waals surface area contributed by atoms with Crippen LogP contribution in [0.1, 0.15) is 61.9 Å². The number of aromatic nitrogens is 4. The number of aryl methyl sites for hydroxylation is 1. The zero-order valence-electron chi connectivity index (χ0n) is 21.5. The number of likely N-dealkylation sites (tertiary alicyclic amines) is 1. The molecule has 1 saturated heterocycles. The molecule has 0 bridgehead atoms. The third-order valence-electron chi connectivity index (χ3n) is 6.65. The standard InChI is InChI=1S/C26H31F2N7O3/c1-15-6-4-5-9-35(15)23(36)11-20(33-26(38)22-13-34(3)14-30-22)25(37)31-16(2)24-29-12-21(32-24)18-8-7-17(27)10-19(18)28/h7-8,10,12-16,20H,4-6,9,11H2,1-3H3,(H,29,32)(H,31,37)(H,33,38)/t15-,16-,20-/m0/s1. The van der Waals surface area contributed by atoms with Crippen LogP contribution in [0.15, 0.2) is 36.9 Å². The second-order valence-electron chi connectivity index (χ2n) is 9.62. The Bertz CT molecular complexity index is 1320. The smallest absolute Gasteiger partial charge is 0.272 e. The summed E-state index contributed by atoms with van der Waals surface area (Å²) in [6, 6.07) is 1.44. The lowest BCUT2D eigenvalue weighted by Crippen LogP contribution is -2.51. The highest BCUT2D eigenvalue weighted by Gasteiger charge is 2.31. The highest BCUT2D eigenvalue weighted by Crippen LogP contribution is 2.23. The van der Waals surface area contributed by atoms with Crippen LogP contribution in [0, 0.1) is 11.6 Å². The zero-order valence-corrected chi connectivity index (χ0v) is 21.5. The molecule has 202 valence electrons. The predicted octanol–water partition coefficient (Wildman–Crippen LogP) is 2.86. The van der Waals surface area contributed by atoms with Crippen molar-refractivity contribution >= 4 is 17.7 Å². The lowest BCUT2D eigenvalue weighted by Gasteiger charge is -2.34. The van der Waals surface area contributed by atoms with E-state index >= 15 is 0 Å². The number of imidazole rings is 2. The fourth-order valence-electron chi connectivity index (χ4n) is 4.52. The number of nitrogens with zero attached hydrogens (tertiary/aromatic N) is 4. The van der Waals surface area contributed by atoms with E-state index in [2.05, 4.69) is 25.6 Å². The van der Waals surface area contributed by atoms with Crippen LogP contribution in [0.25, 0.3) is 11.3 Å². The molecule has 2 aromatic heterocycles. The van der Waals surface area contributed by atoms with E-state index in [0.717, 1.165) is 31.4 Å². The largest absolute Gasteiger partial charge is 0.345 e. The number of halogens is 2. The molecule has 0 spiro atoms. The van der Waals surface area contributed by atoms with E-state index in [1.54, 1.807) is 23.4 Å². The van der Waals surface area contributed by atoms with Crippen molar-refractivity contribution in [1.29, 1.82) is 0 Å². The SMILES string of the molecule is C[C@H](NC(=O)[C@H](CC(=O)N1CCCC[C@@H]1C)NC(=O)c1cn(C)cn1)c1ncc(-c2ccc(F)cc2F)[nH]1. The molecule has 3 aromatic rings. The molecule has 0 unspecified atom stereocenters. The number of carbonyl (C=O) groups is 3. The first kappa shape index (κ1) is 27.0. The van der Waals surface area contributed by atoms with Crippen LogP contribution in [0.2, 0.25) is 0 Å². The van der Waals surface area contributed by atoms with Gasteiger partial charge in [-0.3, -0.25) is 14.4 Å². The molecule has 3 amide bonds. The second-order valence-corrected chi connectivity index (χ2v) is 9.62. The lowest BCUT2D eigenvalue weighted by molar-refractivity contribution is -0.137. The summed E-state index contributed by atoms with van der Waals surface area (Å²) in [5.41, 5.74) is 0.562. The number of piperidine rings is 1. The van der Waals surface area contributed by atoms with E-state index in [-0.39, 0.29) is 29.6 Å². The van der Waals surface area contributed by atoms with Crippen LogP contribution in [0.3, 0.4) is 0 Å². The normalized spacial score (nSPS) is 17.1. The van der Waals surface area contributed by atoms with Crippen molar-refractivity contribution in [2.45, 2.75) is 57.7 Å². The first-order valence-corrected chi connectivity index (χ1v) is 12.5. The van der Waals surface area contributed by atoms with Gasteiger partial charge in [-0.05, 0) is 45.2 Å². The number of aromatic amines is 1. The number of rotatable bonds is 8. The predicted molar refractivity (Wildman–Crippen MR) is 135 cm³/mol. The molecule has 0 aliphatic carbocycles. The van der Waals surface area contributed by atoms with Crippen LogP contribution in [-0.2, 0) is 16.6 Å². The molecule has 1 aliphatic heterocycles. The van der Waals surface area contributed by atoms with E-state index < -0.39 is 35.5 Å². The molecule has 0 saturated carbocycles. The molecular formula is C26H31F2N7O3. The van der Waals surface area contributed by atoms with E-state index in [9.17, 15) is 23.2 Å². The third kappa shape index (κ3) is 6.24. The maximum Gasteiger partial charge on any atom is 0.272 e. The van der Waals surface area contributed by atoms with Gasteiger partial charge in [-0.15, -0.1) is 0 Å². The third-order valence-corrected chi connectivity index (χ3v) is 6.65. The average Bonchev–Trinajstić information content (AvgIpc) is 3.53. The Hall–Kier alpha value is -4.09. The van der Waals surface area contributed by atoms with E-state index in [4.69, 9.17) is 0 Å². The Morgan fingerprint density at radius 1 is 1.18 bits per heavy atom. The zero-order chi connectivity index (χ0) is 27.4. The summed E-state index contributed by atoms with van der Waals surface area (Å²) in [5.74, 6) is -2.50. The molecule has 3 heterocycles. The number of hydrogen-bond donors (Lipinski definition) is 3. The van der Waals surface area contributed by atoms with Gasteiger partial charge in [-0.2, -0.15) is 0 Å².